The quantitative estimate of drug-likeness (QED) is 0.534. The molecule has 0 aromatic rings. The summed E-state index contributed by atoms with van der Waals surface area (Å²) in [6, 6.07) is 0. The number of carbonyl (C=O) groups excluding carboxylic acids is 1. The molecule has 0 saturated heterocycles. The van der Waals surface area contributed by atoms with Crippen LogP contribution in [0.1, 0.15) is 19.3 Å². The number of rotatable bonds is 1. The van der Waals surface area contributed by atoms with Gasteiger partial charge in [-0.1, -0.05) is 22.4 Å². The molecule has 0 heterocycles. The van der Waals surface area contributed by atoms with Crippen molar-refractivity contribution in [2.45, 2.75) is 24.1 Å². The number of carbonyl (C=O) groups is 2. The average molecular weight is 221 g/mol. The zero-order chi connectivity index (χ0) is 8.43. The number of aliphatic carboxylic acids is 1. The molecular formula is C7H9BrO3. The Bertz CT molecular complexity index is 190. The Morgan fingerprint density at radius 2 is 2.18 bits per heavy atom. The Hall–Kier alpha value is -0.380. The van der Waals surface area contributed by atoms with Gasteiger partial charge in [0.15, 0.2) is 5.78 Å². The van der Waals surface area contributed by atoms with Gasteiger partial charge in [-0.25, -0.2) is 0 Å². The summed E-state index contributed by atoms with van der Waals surface area (Å²) in [5.74, 6) is -1.93. The van der Waals surface area contributed by atoms with Crippen LogP contribution in [0.3, 0.4) is 0 Å². The highest BCUT2D eigenvalue weighted by atomic mass is 79.9. The summed E-state index contributed by atoms with van der Waals surface area (Å²) in [4.78, 5) is 21.4. The number of halogens is 1. The van der Waals surface area contributed by atoms with Gasteiger partial charge in [0.2, 0.25) is 0 Å². The van der Waals surface area contributed by atoms with Crippen LogP contribution in [-0.2, 0) is 9.59 Å². The molecular weight excluding hydrogens is 212 g/mol. The van der Waals surface area contributed by atoms with Gasteiger partial charge in [-0.3, -0.25) is 9.59 Å². The molecule has 0 aliphatic heterocycles. The topological polar surface area (TPSA) is 54.4 Å². The van der Waals surface area contributed by atoms with Crippen LogP contribution in [0, 0.1) is 5.92 Å². The second-order valence-corrected chi connectivity index (χ2v) is 3.80. The molecule has 0 radical (unpaired) electrons. The van der Waals surface area contributed by atoms with E-state index in [-0.39, 0.29) is 10.6 Å². The summed E-state index contributed by atoms with van der Waals surface area (Å²) < 4.78 is 0. The van der Waals surface area contributed by atoms with Crippen LogP contribution in [0.5, 0.6) is 0 Å². The van der Waals surface area contributed by atoms with E-state index >= 15 is 0 Å². The molecule has 1 N–H and O–H groups in total. The first-order valence-electron chi connectivity index (χ1n) is 3.53. The van der Waals surface area contributed by atoms with E-state index in [2.05, 4.69) is 15.9 Å². The minimum absolute atomic E-state index is 0.177. The van der Waals surface area contributed by atoms with E-state index in [1.165, 1.54) is 0 Å². The molecule has 4 heteroatoms. The van der Waals surface area contributed by atoms with Gasteiger partial charge in [-0.15, -0.1) is 0 Å². The van der Waals surface area contributed by atoms with E-state index in [0.29, 0.717) is 6.42 Å². The van der Waals surface area contributed by atoms with Gasteiger partial charge in [0.1, 0.15) is 5.92 Å². The molecule has 1 aliphatic rings. The van der Waals surface area contributed by atoms with Crippen molar-refractivity contribution < 1.29 is 14.7 Å². The van der Waals surface area contributed by atoms with Gasteiger partial charge in [-0.05, 0) is 12.8 Å². The Morgan fingerprint density at radius 3 is 2.64 bits per heavy atom. The Morgan fingerprint density at radius 1 is 1.55 bits per heavy atom. The molecule has 1 saturated carbocycles. The van der Waals surface area contributed by atoms with Gasteiger partial charge >= 0.3 is 5.97 Å². The lowest BCUT2D eigenvalue weighted by Gasteiger charge is -2.20. The monoisotopic (exact) mass is 220 g/mol. The zero-order valence-corrected chi connectivity index (χ0v) is 7.50. The van der Waals surface area contributed by atoms with E-state index in [1.807, 2.05) is 0 Å². The predicted molar refractivity (Wildman–Crippen MR) is 42.7 cm³/mol. The largest absolute Gasteiger partial charge is 0.481 e. The van der Waals surface area contributed by atoms with Crippen LogP contribution in [0.15, 0.2) is 0 Å². The molecule has 0 bridgehead atoms. The molecule has 2 atom stereocenters. The van der Waals surface area contributed by atoms with Crippen LogP contribution in [0.4, 0.5) is 0 Å². The Labute approximate surface area is 72.9 Å². The number of hydrogen-bond donors (Lipinski definition) is 1. The molecule has 11 heavy (non-hydrogen) atoms. The predicted octanol–water partition coefficient (Wildman–Crippen LogP) is 1.20. The normalized spacial score (nSPS) is 31.9. The van der Waals surface area contributed by atoms with E-state index in [4.69, 9.17) is 5.11 Å². The number of ketones is 1. The van der Waals surface area contributed by atoms with Crippen molar-refractivity contribution in [1.29, 1.82) is 0 Å². The summed E-state index contributed by atoms with van der Waals surface area (Å²) in [5, 5.41) is 8.58. The highest BCUT2D eigenvalue weighted by Gasteiger charge is 2.34. The van der Waals surface area contributed by atoms with Crippen LogP contribution >= 0.6 is 15.9 Å². The summed E-state index contributed by atoms with van der Waals surface area (Å²) in [5.41, 5.74) is 0. The molecule has 0 amide bonds. The molecule has 1 aliphatic carbocycles. The van der Waals surface area contributed by atoms with Gasteiger partial charge < -0.3 is 5.11 Å². The Balaban J connectivity index is 2.66. The highest BCUT2D eigenvalue weighted by molar-refractivity contribution is 9.10. The van der Waals surface area contributed by atoms with Gasteiger partial charge in [0.05, 0.1) is 4.83 Å². The van der Waals surface area contributed by atoms with E-state index in [1.54, 1.807) is 0 Å². The number of hydrogen-bond acceptors (Lipinski definition) is 2. The second kappa shape index (κ2) is 3.34. The van der Waals surface area contributed by atoms with Crippen LogP contribution < -0.4 is 0 Å². The Kier molecular flexibility index (Phi) is 2.65. The third kappa shape index (κ3) is 1.80. The number of carboxylic acid groups (broad SMARTS) is 1. The third-order valence-corrected chi connectivity index (χ3v) is 2.81. The number of Topliss-reactive ketones (excluding diaryl/α,β-unsaturated/α-hetero) is 1. The summed E-state index contributed by atoms with van der Waals surface area (Å²) in [6.45, 7) is 0. The molecule has 0 spiro atoms. The van der Waals surface area contributed by atoms with Gasteiger partial charge in [0.25, 0.3) is 0 Å². The first kappa shape index (κ1) is 8.71. The van der Waals surface area contributed by atoms with Crippen molar-refractivity contribution in [3.05, 3.63) is 0 Å². The van der Waals surface area contributed by atoms with Crippen molar-refractivity contribution in [3.8, 4) is 0 Å². The highest BCUT2D eigenvalue weighted by Crippen LogP contribution is 2.25. The smallest absolute Gasteiger partial charge is 0.314 e. The zero-order valence-electron chi connectivity index (χ0n) is 5.92. The third-order valence-electron chi connectivity index (χ3n) is 1.90. The van der Waals surface area contributed by atoms with Crippen LogP contribution in [-0.4, -0.2) is 21.7 Å². The van der Waals surface area contributed by atoms with Crippen LogP contribution in [0.25, 0.3) is 0 Å². The average Bonchev–Trinajstić information content (AvgIpc) is 1.94. The van der Waals surface area contributed by atoms with E-state index in [9.17, 15) is 9.59 Å². The first-order valence-corrected chi connectivity index (χ1v) is 4.45. The maximum Gasteiger partial charge on any atom is 0.314 e. The summed E-state index contributed by atoms with van der Waals surface area (Å²) >= 11 is 3.15. The van der Waals surface area contributed by atoms with Gasteiger partial charge in [-0.2, -0.15) is 0 Å². The molecule has 0 aromatic carbocycles. The lowest BCUT2D eigenvalue weighted by molar-refractivity contribution is -0.147. The van der Waals surface area contributed by atoms with E-state index in [0.717, 1.165) is 12.8 Å². The lowest BCUT2D eigenvalue weighted by Crippen LogP contribution is -2.33. The van der Waals surface area contributed by atoms with Crippen molar-refractivity contribution in [3.63, 3.8) is 0 Å². The van der Waals surface area contributed by atoms with Crippen molar-refractivity contribution in [1.82, 2.24) is 0 Å². The fraction of sp³-hybridized carbons (Fsp3) is 0.714. The molecule has 62 valence electrons. The first-order chi connectivity index (χ1) is 5.13. The summed E-state index contributed by atoms with van der Waals surface area (Å²) in [6.07, 6.45) is 2.08. The van der Waals surface area contributed by atoms with Crippen molar-refractivity contribution in [2.24, 2.45) is 5.92 Å². The fourth-order valence-electron chi connectivity index (χ4n) is 1.25. The standard InChI is InChI=1S/C7H9BrO3/c8-5-3-1-2-4(6(5)9)7(10)11/h4-5H,1-3H2,(H,10,11)/t4-,5+/m1/s1. The lowest BCUT2D eigenvalue weighted by atomic mass is 9.88. The van der Waals surface area contributed by atoms with Crippen LogP contribution in [0.2, 0.25) is 0 Å². The minimum atomic E-state index is -0.987. The molecule has 3 nitrogen and oxygen atoms in total. The molecule has 1 fully saturated rings. The SMILES string of the molecule is O=C(O)[C@@H]1CCC[C@H](Br)C1=O. The number of carboxylic acids is 1. The molecule has 0 aromatic heterocycles. The maximum atomic E-state index is 11.1. The summed E-state index contributed by atoms with van der Waals surface area (Å²) in [7, 11) is 0. The molecule has 1 rings (SSSR count). The fourth-order valence-corrected chi connectivity index (χ4v) is 1.89. The van der Waals surface area contributed by atoms with Crippen molar-refractivity contribution in [2.75, 3.05) is 0 Å². The minimum Gasteiger partial charge on any atom is -0.481 e. The number of alkyl halides is 1. The van der Waals surface area contributed by atoms with Crippen molar-refractivity contribution >= 4 is 27.7 Å². The molecule has 0 unspecified atom stereocenters. The maximum absolute atomic E-state index is 11.1. The second-order valence-electron chi connectivity index (χ2n) is 2.69. The van der Waals surface area contributed by atoms with Gasteiger partial charge in [0, 0.05) is 0 Å². The van der Waals surface area contributed by atoms with E-state index < -0.39 is 11.9 Å².